The van der Waals surface area contributed by atoms with Gasteiger partial charge in [0.05, 0.1) is 29.7 Å². The number of methoxy groups -OCH3 is 1. The number of fused-ring (bicyclic) bond motifs is 3. The van der Waals surface area contributed by atoms with E-state index < -0.39 is 17.6 Å². The van der Waals surface area contributed by atoms with Crippen molar-refractivity contribution >= 4 is 11.6 Å². The van der Waals surface area contributed by atoms with Gasteiger partial charge in [-0.3, -0.25) is 4.79 Å². The highest BCUT2D eigenvalue weighted by Crippen LogP contribution is 2.56. The Morgan fingerprint density at radius 3 is 2.73 bits per heavy atom. The van der Waals surface area contributed by atoms with Crippen molar-refractivity contribution in [2.75, 3.05) is 38.3 Å². The number of benzene rings is 1. The Morgan fingerprint density at radius 1 is 1.16 bits per heavy atom. The predicted octanol–water partition coefficient (Wildman–Crippen LogP) is 3.98. The number of hydrogen-bond acceptors (Lipinski definition) is 5. The lowest BCUT2D eigenvalue weighted by molar-refractivity contribution is -0.144. The summed E-state index contributed by atoms with van der Waals surface area (Å²) in [7, 11) is 1.71. The van der Waals surface area contributed by atoms with Crippen molar-refractivity contribution in [1.29, 1.82) is 0 Å². The highest BCUT2D eigenvalue weighted by Gasteiger charge is 2.59. The first-order chi connectivity index (χ1) is 17.7. The number of alkyl halides is 3. The van der Waals surface area contributed by atoms with Gasteiger partial charge < -0.3 is 24.6 Å². The Hall–Kier alpha value is -1.91. The van der Waals surface area contributed by atoms with Crippen LogP contribution in [-0.4, -0.2) is 74.5 Å². The van der Waals surface area contributed by atoms with E-state index in [1.54, 1.807) is 7.11 Å². The average Bonchev–Trinajstić information content (AvgIpc) is 3.63. The van der Waals surface area contributed by atoms with Crippen molar-refractivity contribution in [3.8, 4) is 0 Å². The van der Waals surface area contributed by atoms with Crippen LogP contribution in [0.1, 0.15) is 50.5 Å². The summed E-state index contributed by atoms with van der Waals surface area (Å²) in [6.45, 7) is 2.22. The lowest BCUT2D eigenvalue weighted by atomic mass is 9.78. The van der Waals surface area contributed by atoms with Crippen LogP contribution in [0.25, 0.3) is 0 Å². The minimum Gasteiger partial charge on any atom is -0.379 e. The molecule has 0 aromatic heterocycles. The maximum Gasteiger partial charge on any atom is 0.416 e. The Kier molecular flexibility index (Phi) is 6.43. The molecule has 1 N–H and O–H groups in total. The fourth-order valence-corrected chi connectivity index (χ4v) is 7.98. The zero-order valence-electron chi connectivity index (χ0n) is 21.1. The van der Waals surface area contributed by atoms with Gasteiger partial charge in [-0.1, -0.05) is 6.42 Å². The van der Waals surface area contributed by atoms with Crippen LogP contribution in [0.3, 0.4) is 0 Å². The molecule has 2 saturated carbocycles. The van der Waals surface area contributed by atoms with E-state index in [0.717, 1.165) is 44.6 Å². The van der Waals surface area contributed by atoms with Gasteiger partial charge in [0.15, 0.2) is 0 Å². The number of piperazine rings is 1. The molecule has 3 saturated heterocycles. The molecule has 1 amide bonds. The lowest BCUT2D eigenvalue weighted by Crippen LogP contribution is -2.54. The Balaban J connectivity index is 1.15. The quantitative estimate of drug-likeness (QED) is 0.590. The maximum absolute atomic E-state index is 14.1. The minimum absolute atomic E-state index is 0.0156. The number of nitrogens with one attached hydrogen (secondary N) is 1. The molecule has 37 heavy (non-hydrogen) atoms. The van der Waals surface area contributed by atoms with Gasteiger partial charge in [-0.05, 0) is 62.6 Å². The summed E-state index contributed by atoms with van der Waals surface area (Å²) in [5.74, 6) is -0.318. The zero-order valence-corrected chi connectivity index (χ0v) is 21.1. The lowest BCUT2D eigenvalue weighted by Gasteiger charge is -2.41. The number of halogens is 4. The summed E-state index contributed by atoms with van der Waals surface area (Å²) in [6.07, 6.45) is 1.83. The van der Waals surface area contributed by atoms with Gasteiger partial charge >= 0.3 is 6.18 Å². The SMILES string of the molecule is CO[C@@H]1COCC[C@@H]1N[C@@H]1C[C@H]2CCC[C@@]2(C(=O)N2C[C@@H]3C[C@H]2CN3c2cc(F)cc(C(F)(F)F)c2)C1. The highest BCUT2D eigenvalue weighted by atomic mass is 19.4. The van der Waals surface area contributed by atoms with Crippen LogP contribution in [0.5, 0.6) is 0 Å². The second-order valence-electron chi connectivity index (χ2n) is 11.6. The number of anilines is 1. The van der Waals surface area contributed by atoms with Gasteiger partial charge in [0.2, 0.25) is 5.91 Å². The van der Waals surface area contributed by atoms with Crippen LogP contribution in [-0.2, 0) is 20.4 Å². The molecule has 2 aliphatic carbocycles. The third kappa shape index (κ3) is 4.42. The molecule has 1 aromatic rings. The van der Waals surface area contributed by atoms with Gasteiger partial charge in [-0.25, -0.2) is 4.39 Å². The van der Waals surface area contributed by atoms with E-state index in [9.17, 15) is 22.4 Å². The number of hydrogen-bond donors (Lipinski definition) is 1. The second kappa shape index (κ2) is 9.38. The molecule has 5 aliphatic rings. The minimum atomic E-state index is -4.60. The molecule has 0 spiro atoms. The molecule has 3 aliphatic heterocycles. The fraction of sp³-hybridized carbons (Fsp3) is 0.741. The topological polar surface area (TPSA) is 54.0 Å². The van der Waals surface area contributed by atoms with Gasteiger partial charge in [0.1, 0.15) is 5.82 Å². The molecule has 2 bridgehead atoms. The average molecular weight is 526 g/mol. The van der Waals surface area contributed by atoms with Gasteiger partial charge in [0, 0.05) is 50.6 Å². The summed E-state index contributed by atoms with van der Waals surface area (Å²) in [5.41, 5.74) is -1.09. The number of carbonyl (C=O) groups excluding carboxylic acids is 1. The van der Waals surface area contributed by atoms with Crippen LogP contribution >= 0.6 is 0 Å². The maximum atomic E-state index is 14.1. The second-order valence-corrected chi connectivity index (χ2v) is 11.6. The van der Waals surface area contributed by atoms with Gasteiger partial charge in [0.25, 0.3) is 0 Å². The van der Waals surface area contributed by atoms with E-state index in [2.05, 4.69) is 5.32 Å². The fourth-order valence-electron chi connectivity index (χ4n) is 7.98. The van der Waals surface area contributed by atoms with E-state index in [1.807, 2.05) is 9.80 Å². The van der Waals surface area contributed by atoms with E-state index >= 15 is 0 Å². The van der Waals surface area contributed by atoms with Gasteiger partial charge in [-0.2, -0.15) is 13.2 Å². The third-order valence-electron chi connectivity index (χ3n) is 9.66. The number of likely N-dealkylation sites (tertiary alicyclic amines) is 1. The number of carbonyl (C=O) groups is 1. The van der Waals surface area contributed by atoms with Crippen LogP contribution in [0, 0.1) is 17.2 Å². The predicted molar refractivity (Wildman–Crippen MR) is 129 cm³/mol. The summed E-state index contributed by atoms with van der Waals surface area (Å²) >= 11 is 0. The molecule has 6 rings (SSSR count). The van der Waals surface area contributed by atoms with Crippen molar-refractivity contribution in [2.45, 2.75) is 81.4 Å². The standard InChI is InChI=1S/C27H35F4N3O3/c1-36-24-15-37-6-4-23(24)32-19-8-16-3-2-5-26(16,12-19)25(35)34-14-21-11-22(34)13-33(21)20-9-17(27(29,30)31)7-18(28)10-20/h7,9-10,16,19,21-24,32H,2-6,8,11-15H2,1H3/t16-,19-,21+,22+,23+,24-,26-/m1/s1. The number of nitrogens with zero attached hydrogens (tertiary/aromatic N) is 2. The number of amides is 1. The van der Waals surface area contributed by atoms with Crippen LogP contribution in [0.2, 0.25) is 0 Å². The smallest absolute Gasteiger partial charge is 0.379 e. The van der Waals surface area contributed by atoms with Crippen molar-refractivity contribution in [2.24, 2.45) is 11.3 Å². The van der Waals surface area contributed by atoms with E-state index in [1.165, 1.54) is 6.07 Å². The summed E-state index contributed by atoms with van der Waals surface area (Å²) < 4.78 is 65.0. The first-order valence-electron chi connectivity index (χ1n) is 13.5. The molecule has 5 fully saturated rings. The molecular weight excluding hydrogens is 490 g/mol. The molecule has 204 valence electrons. The van der Waals surface area contributed by atoms with Crippen LogP contribution in [0.4, 0.5) is 23.2 Å². The Morgan fingerprint density at radius 2 is 2.00 bits per heavy atom. The summed E-state index contributed by atoms with van der Waals surface area (Å²) in [5, 5.41) is 3.79. The normalized spacial score (nSPS) is 37.4. The van der Waals surface area contributed by atoms with Crippen molar-refractivity contribution in [1.82, 2.24) is 10.2 Å². The number of ether oxygens (including phenoxy) is 2. The zero-order chi connectivity index (χ0) is 25.9. The van der Waals surface area contributed by atoms with Crippen molar-refractivity contribution in [3.63, 3.8) is 0 Å². The van der Waals surface area contributed by atoms with Crippen LogP contribution in [0.15, 0.2) is 18.2 Å². The Labute approximate surface area is 214 Å². The molecular formula is C27H35F4N3O3. The third-order valence-corrected chi connectivity index (χ3v) is 9.66. The monoisotopic (exact) mass is 525 g/mol. The molecule has 0 radical (unpaired) electrons. The van der Waals surface area contributed by atoms with Gasteiger partial charge in [-0.15, -0.1) is 0 Å². The van der Waals surface area contributed by atoms with E-state index in [-0.39, 0.29) is 47.3 Å². The first-order valence-corrected chi connectivity index (χ1v) is 13.5. The van der Waals surface area contributed by atoms with E-state index in [0.29, 0.717) is 44.7 Å². The largest absolute Gasteiger partial charge is 0.416 e. The van der Waals surface area contributed by atoms with Crippen molar-refractivity contribution in [3.05, 3.63) is 29.6 Å². The Bertz CT molecular complexity index is 1040. The molecule has 6 nitrogen and oxygen atoms in total. The molecule has 10 heteroatoms. The summed E-state index contributed by atoms with van der Waals surface area (Å²) in [4.78, 5) is 18.0. The molecule has 3 heterocycles. The number of rotatable bonds is 5. The van der Waals surface area contributed by atoms with Crippen LogP contribution < -0.4 is 10.2 Å². The van der Waals surface area contributed by atoms with E-state index in [4.69, 9.17) is 9.47 Å². The molecule has 7 atom stereocenters. The molecule has 1 aromatic carbocycles. The molecule has 0 unspecified atom stereocenters. The highest BCUT2D eigenvalue weighted by molar-refractivity contribution is 5.85. The van der Waals surface area contributed by atoms with Crippen molar-refractivity contribution < 1.29 is 31.8 Å². The summed E-state index contributed by atoms with van der Waals surface area (Å²) in [6, 6.07) is 3.08. The first kappa shape index (κ1) is 25.4.